The number of ketones is 2. The monoisotopic (exact) mass is 591 g/mol. The second-order valence-electron chi connectivity index (χ2n) is 11.6. The first kappa shape index (κ1) is 29.9. The van der Waals surface area contributed by atoms with Gasteiger partial charge in [0, 0.05) is 23.3 Å². The first-order valence-electron chi connectivity index (χ1n) is 13.6. The molecule has 43 heavy (non-hydrogen) atoms. The largest absolute Gasteiger partial charge is 0.510 e. The Hall–Kier alpha value is -4.59. The number of aromatic hydroxyl groups is 1. The van der Waals surface area contributed by atoms with Crippen molar-refractivity contribution in [1.29, 1.82) is 0 Å². The second-order valence-corrected chi connectivity index (χ2v) is 11.6. The number of nitrogens with one attached hydrogen (secondary N) is 1. The molecule has 2 aromatic rings. The number of carbonyl (C=O) groups is 4. The van der Waals surface area contributed by atoms with Crippen LogP contribution in [0.2, 0.25) is 0 Å². The Bertz CT molecular complexity index is 1630. The minimum atomic E-state index is -2.75. The van der Waals surface area contributed by atoms with Crippen LogP contribution in [0.5, 0.6) is 5.75 Å². The van der Waals surface area contributed by atoms with Gasteiger partial charge in [0.25, 0.3) is 5.91 Å². The number of benzene rings is 1. The Balaban J connectivity index is 1.73. The summed E-state index contributed by atoms with van der Waals surface area (Å²) in [5.74, 6) is -7.97. The minimum Gasteiger partial charge on any atom is -0.510 e. The third kappa shape index (κ3) is 4.56. The average Bonchev–Trinajstić information content (AvgIpc) is 2.92. The number of allylic oxidation sites excluding steroid dienone is 1. The molecule has 1 aromatic carbocycles. The fourth-order valence-corrected chi connectivity index (χ4v) is 6.64. The number of aromatic nitrogens is 1. The van der Waals surface area contributed by atoms with Gasteiger partial charge in [0.2, 0.25) is 11.7 Å². The van der Waals surface area contributed by atoms with Gasteiger partial charge >= 0.3 is 0 Å². The molecule has 3 aliphatic rings. The lowest BCUT2D eigenvalue weighted by molar-refractivity contribution is -0.148. The number of likely N-dealkylation sites (N-methyl/N-ethyl adjacent to an activating group) is 2. The molecule has 7 N–H and O–H groups in total. The van der Waals surface area contributed by atoms with Crippen LogP contribution in [0.25, 0.3) is 11.3 Å². The maximum absolute atomic E-state index is 14.2. The Morgan fingerprint density at radius 2 is 1.84 bits per heavy atom. The molecule has 0 radical (unpaired) electrons. The fourth-order valence-electron chi connectivity index (χ4n) is 6.64. The second kappa shape index (κ2) is 10.6. The molecule has 0 unspecified atom stereocenters. The number of aliphatic hydroxyl groups is 3. The van der Waals surface area contributed by atoms with Crippen LogP contribution in [0.15, 0.2) is 53.1 Å². The maximum atomic E-state index is 14.2. The van der Waals surface area contributed by atoms with E-state index in [2.05, 4.69) is 10.3 Å². The highest BCUT2D eigenvalue weighted by molar-refractivity contribution is 6.25. The molecule has 2 amide bonds. The van der Waals surface area contributed by atoms with Crippen molar-refractivity contribution in [2.24, 2.45) is 17.6 Å². The van der Waals surface area contributed by atoms with E-state index >= 15 is 0 Å². The fraction of sp³-hybridized carbons (Fsp3) is 0.367. The molecule has 0 saturated heterocycles. The van der Waals surface area contributed by atoms with Gasteiger partial charge in [-0.1, -0.05) is 6.07 Å². The normalized spacial score (nSPS) is 25.0. The average molecular weight is 592 g/mol. The van der Waals surface area contributed by atoms with Gasteiger partial charge in [0.15, 0.2) is 17.1 Å². The highest BCUT2D eigenvalue weighted by Crippen LogP contribution is 2.53. The molecule has 13 nitrogen and oxygen atoms in total. The molecule has 4 atom stereocenters. The van der Waals surface area contributed by atoms with Crippen molar-refractivity contribution in [2.75, 3.05) is 40.1 Å². The van der Waals surface area contributed by atoms with Crippen LogP contribution in [0, 0.1) is 11.8 Å². The number of amides is 2. The van der Waals surface area contributed by atoms with E-state index in [1.54, 1.807) is 57.5 Å². The van der Waals surface area contributed by atoms with E-state index in [0.29, 0.717) is 16.8 Å². The van der Waals surface area contributed by atoms with Gasteiger partial charge in [-0.3, -0.25) is 29.1 Å². The van der Waals surface area contributed by atoms with Crippen LogP contribution in [0.1, 0.15) is 22.3 Å². The van der Waals surface area contributed by atoms with Crippen LogP contribution in [0.4, 0.5) is 5.69 Å². The zero-order chi connectivity index (χ0) is 31.5. The summed E-state index contributed by atoms with van der Waals surface area (Å²) in [6.07, 6.45) is 1.59. The van der Waals surface area contributed by atoms with Gasteiger partial charge in [-0.05, 0) is 70.7 Å². The number of fused-ring (bicyclic) bond motifs is 3. The predicted molar refractivity (Wildman–Crippen MR) is 154 cm³/mol. The number of phenolic OH excluding ortho intramolecular Hbond substituents is 1. The number of hydrogen-bond acceptors (Lipinski definition) is 11. The van der Waals surface area contributed by atoms with E-state index in [4.69, 9.17) is 5.73 Å². The summed E-state index contributed by atoms with van der Waals surface area (Å²) in [5, 5.41) is 48.3. The van der Waals surface area contributed by atoms with Crippen molar-refractivity contribution in [3.8, 4) is 17.0 Å². The summed E-state index contributed by atoms with van der Waals surface area (Å²) < 4.78 is 0. The molecule has 0 saturated carbocycles. The van der Waals surface area contributed by atoms with E-state index in [9.17, 15) is 39.6 Å². The maximum Gasteiger partial charge on any atom is 0.255 e. The number of pyridine rings is 1. The number of Topliss-reactive ketones (excluding diaryl/α,β-unsaturated/α-hetero) is 2. The summed E-state index contributed by atoms with van der Waals surface area (Å²) in [5.41, 5.74) is 2.52. The summed E-state index contributed by atoms with van der Waals surface area (Å²) in [7, 11) is 6.52. The van der Waals surface area contributed by atoms with Gasteiger partial charge in [-0.25, -0.2) is 0 Å². The van der Waals surface area contributed by atoms with Gasteiger partial charge in [0.1, 0.15) is 17.1 Å². The number of anilines is 1. The molecule has 3 aliphatic carbocycles. The Kier molecular flexibility index (Phi) is 7.37. The number of carbonyl (C=O) groups excluding carboxylic acids is 4. The number of hydrogen-bond donors (Lipinski definition) is 6. The summed E-state index contributed by atoms with van der Waals surface area (Å²) in [6.45, 7) is -0.0104. The molecule has 0 bridgehead atoms. The molecule has 0 spiro atoms. The van der Waals surface area contributed by atoms with Gasteiger partial charge in [-0.15, -0.1) is 0 Å². The molecular formula is C30H33N5O8. The van der Waals surface area contributed by atoms with E-state index in [-0.39, 0.29) is 36.2 Å². The minimum absolute atomic E-state index is 0.0104. The standard InChI is InChI=1S/C30H33N5O8/c1-34(2)12-19(36)33-18-11-14(17-7-5-6-8-32-17)15-9-13-10-16-23(35(3)4)26(39)22(29(31)42)28(41)30(16,43)27(40)20(13)25(38)21(15)24(18)37/h5-8,11,13,16,23,37,39-40,43H,9-10,12H2,1-4H3,(H2,31,42)(H,33,36)/t13-,16-,23-,30-/m0/s1. The SMILES string of the molecule is CN(C)CC(=O)Nc1cc(-c2ccccn2)c2c(c1O)C(=O)C1=C(O)[C@]3(O)C(=O)C(C(N)=O)=C(O)[C@@H](N(C)C)[C@@H]3C[C@@H]1C2. The number of primary amides is 1. The highest BCUT2D eigenvalue weighted by Gasteiger charge is 2.63. The first-order valence-corrected chi connectivity index (χ1v) is 13.6. The van der Waals surface area contributed by atoms with Crippen LogP contribution in [-0.4, -0.2) is 105 Å². The number of phenols is 1. The van der Waals surface area contributed by atoms with Crippen LogP contribution < -0.4 is 11.1 Å². The van der Waals surface area contributed by atoms with Crippen LogP contribution >= 0.6 is 0 Å². The molecule has 1 heterocycles. The summed E-state index contributed by atoms with van der Waals surface area (Å²) >= 11 is 0. The molecule has 1 aromatic heterocycles. The van der Waals surface area contributed by atoms with E-state index in [1.165, 1.54) is 11.0 Å². The van der Waals surface area contributed by atoms with Crippen LogP contribution in [0.3, 0.4) is 0 Å². The van der Waals surface area contributed by atoms with Gasteiger partial charge < -0.3 is 36.4 Å². The van der Waals surface area contributed by atoms with Gasteiger partial charge in [0.05, 0.1) is 29.5 Å². The number of nitrogens with zero attached hydrogens (tertiary/aromatic N) is 3. The third-order valence-electron chi connectivity index (χ3n) is 8.40. The first-order chi connectivity index (χ1) is 20.2. The number of rotatable bonds is 6. The Labute approximate surface area is 246 Å². The summed E-state index contributed by atoms with van der Waals surface area (Å²) in [4.78, 5) is 60.1. The van der Waals surface area contributed by atoms with E-state index in [0.717, 1.165) is 0 Å². The molecule has 13 heteroatoms. The molecule has 5 rings (SSSR count). The smallest absolute Gasteiger partial charge is 0.255 e. The quantitative estimate of drug-likeness (QED) is 0.203. The zero-order valence-corrected chi connectivity index (χ0v) is 24.1. The van der Waals surface area contributed by atoms with Gasteiger partial charge in [-0.2, -0.15) is 0 Å². The van der Waals surface area contributed by atoms with Crippen molar-refractivity contribution in [1.82, 2.24) is 14.8 Å². The third-order valence-corrected chi connectivity index (χ3v) is 8.40. The van der Waals surface area contributed by atoms with Crippen molar-refractivity contribution in [2.45, 2.75) is 24.5 Å². The van der Waals surface area contributed by atoms with Crippen molar-refractivity contribution in [3.05, 3.63) is 64.3 Å². The molecule has 0 aliphatic heterocycles. The van der Waals surface area contributed by atoms with Crippen molar-refractivity contribution >= 4 is 29.1 Å². The topological polar surface area (TPSA) is 207 Å². The Morgan fingerprint density at radius 3 is 2.42 bits per heavy atom. The number of nitrogens with two attached hydrogens (primary N) is 1. The summed E-state index contributed by atoms with van der Waals surface area (Å²) in [6, 6.07) is 5.61. The molecular weight excluding hydrogens is 558 g/mol. The van der Waals surface area contributed by atoms with Crippen LogP contribution in [-0.2, 0) is 20.8 Å². The number of aliphatic hydroxyl groups excluding tert-OH is 2. The van der Waals surface area contributed by atoms with Crippen molar-refractivity contribution < 1.29 is 39.6 Å². The molecule has 226 valence electrons. The highest BCUT2D eigenvalue weighted by atomic mass is 16.3. The Morgan fingerprint density at radius 1 is 1.14 bits per heavy atom. The van der Waals surface area contributed by atoms with E-state index in [1.807, 2.05) is 0 Å². The lowest BCUT2D eigenvalue weighted by atomic mass is 9.58. The zero-order valence-electron chi connectivity index (χ0n) is 24.1. The lowest BCUT2D eigenvalue weighted by Crippen LogP contribution is -2.63. The molecule has 0 fully saturated rings. The van der Waals surface area contributed by atoms with E-state index < -0.39 is 69.7 Å². The van der Waals surface area contributed by atoms with Crippen molar-refractivity contribution in [3.63, 3.8) is 0 Å². The lowest BCUT2D eigenvalue weighted by Gasteiger charge is -2.50. The predicted octanol–water partition coefficient (Wildman–Crippen LogP) is 0.683.